The minimum atomic E-state index is -1.32. The monoisotopic (exact) mass is 932 g/mol. The summed E-state index contributed by atoms with van der Waals surface area (Å²) in [6.07, 6.45) is 3.37. The van der Waals surface area contributed by atoms with Crippen LogP contribution < -0.4 is 5.32 Å². The zero-order valence-corrected chi connectivity index (χ0v) is 40.6. The number of benzene rings is 3. The number of hydrogen-bond acceptors (Lipinski definition) is 11. The number of rotatable bonds is 10. The molecule has 6 rings (SSSR count). The van der Waals surface area contributed by atoms with Crippen molar-refractivity contribution >= 4 is 35.4 Å². The normalized spacial score (nSPS) is 19.8. The van der Waals surface area contributed by atoms with Gasteiger partial charge >= 0.3 is 17.9 Å². The number of cyclic esters (lactones) is 2. The lowest BCUT2D eigenvalue weighted by molar-refractivity contribution is -0.176. The first-order chi connectivity index (χ1) is 31.1. The van der Waals surface area contributed by atoms with Crippen molar-refractivity contribution in [2.75, 3.05) is 6.61 Å². The van der Waals surface area contributed by atoms with Crippen molar-refractivity contribution in [3.05, 3.63) is 135 Å². The molecule has 2 N–H and O–H groups in total. The molecule has 1 amide bonds. The average molecular weight is 934 g/mol. The van der Waals surface area contributed by atoms with E-state index in [1.54, 1.807) is 39.0 Å². The van der Waals surface area contributed by atoms with Crippen LogP contribution in [0.5, 0.6) is 0 Å². The Morgan fingerprint density at radius 2 is 1.62 bits per heavy atom. The molecule has 0 bridgehead atoms. The molecule has 5 atom stereocenters. The number of nitrogens with zero attached hydrogens (tertiary/aromatic N) is 1. The van der Waals surface area contributed by atoms with Gasteiger partial charge in [0.1, 0.15) is 30.1 Å². The summed E-state index contributed by atoms with van der Waals surface area (Å²) in [5.74, 6) is -4.52. The van der Waals surface area contributed by atoms with Crippen LogP contribution in [0.2, 0.25) is 5.02 Å². The summed E-state index contributed by atoms with van der Waals surface area (Å²) in [6, 6.07) is 22.7. The topological polar surface area (TPSA) is 160 Å². The number of aromatic nitrogens is 1. The van der Waals surface area contributed by atoms with Crippen LogP contribution in [0.3, 0.4) is 0 Å². The van der Waals surface area contributed by atoms with Crippen molar-refractivity contribution in [1.82, 2.24) is 10.3 Å². The number of esters is 3. The molecule has 2 aliphatic rings. The molecule has 1 aliphatic carbocycles. The molecular formula is C52H66ClFN2O10. The van der Waals surface area contributed by atoms with Crippen LogP contribution in [-0.4, -0.2) is 70.0 Å². The van der Waals surface area contributed by atoms with E-state index in [4.69, 9.17) is 35.3 Å². The standard InChI is InChI=1S/C27H32N2O8.C14H20O.C11H14ClFO/c1-15(2)25(32)37-23-17(4)36-27(34)21(29-24(31)22-16(3)19(13-30)10-11-28-22)14-35-26(33)20(23)12-18-8-6-5-7-9-18;1-14(2,3)15-13-10-6-8-11-7-4-5-9-12(11)13;1-11(2,3)14-7-8-9(12)5-4-6-10(8)13/h5-11,15,17,20-21,23,30H,12-14H2,1-4H3,(H,29,31);4-5,7,9,13H,6,8,10H2,1-3H3;4-6H,7H2,1-3H3/t17-,20+,21?,23?;13-;/m01./s1. The molecule has 1 saturated heterocycles. The lowest BCUT2D eigenvalue weighted by Gasteiger charge is -2.32. The van der Waals surface area contributed by atoms with Gasteiger partial charge in [-0.25, -0.2) is 9.18 Å². The second-order valence-electron chi connectivity index (χ2n) is 18.7. The highest BCUT2D eigenvalue weighted by molar-refractivity contribution is 6.31. The maximum absolute atomic E-state index is 13.3. The molecule has 4 aromatic rings. The predicted octanol–water partition coefficient (Wildman–Crippen LogP) is 9.57. The Balaban J connectivity index is 0.000000266. The molecular weight excluding hydrogens is 867 g/mol. The second kappa shape index (κ2) is 24.5. The maximum atomic E-state index is 13.3. The van der Waals surface area contributed by atoms with Crippen molar-refractivity contribution in [3.8, 4) is 0 Å². The fourth-order valence-electron chi connectivity index (χ4n) is 7.17. The maximum Gasteiger partial charge on any atom is 0.332 e. The number of amides is 1. The molecule has 12 nitrogen and oxygen atoms in total. The van der Waals surface area contributed by atoms with Crippen molar-refractivity contribution in [1.29, 1.82) is 0 Å². The first-order valence-corrected chi connectivity index (χ1v) is 22.8. The number of fused-ring (bicyclic) bond motifs is 1. The number of nitrogens with one attached hydrogen (secondary N) is 1. The van der Waals surface area contributed by atoms with Crippen LogP contribution in [0.15, 0.2) is 85.1 Å². The first-order valence-electron chi connectivity index (χ1n) is 22.4. The highest BCUT2D eigenvalue weighted by atomic mass is 35.5. The summed E-state index contributed by atoms with van der Waals surface area (Å²) in [6.45, 7) is 18.1. The molecule has 0 radical (unpaired) electrons. The van der Waals surface area contributed by atoms with E-state index in [1.807, 2.05) is 51.1 Å². The number of hydrogen-bond donors (Lipinski definition) is 2. The average Bonchev–Trinajstić information content (AvgIpc) is 3.29. The van der Waals surface area contributed by atoms with Gasteiger partial charge in [-0.15, -0.1) is 0 Å². The SMILES string of the molecule is CC(C)(C)OCc1c(F)cccc1Cl.CC(C)(C)O[C@@H]1CCCc2ccccc21.Cc1c(CO)ccnc1C(=O)NC1COC(=O)[C@H](Cc2ccccc2)C(OC(=O)C(C)C)[C@H](C)OC1=O. The number of aliphatic hydroxyl groups excluding tert-OH is 1. The Hall–Kier alpha value is -5.21. The molecule has 2 unspecified atom stereocenters. The van der Waals surface area contributed by atoms with Crippen molar-refractivity contribution < 1.29 is 52.4 Å². The van der Waals surface area contributed by atoms with Crippen LogP contribution in [0.25, 0.3) is 0 Å². The largest absolute Gasteiger partial charge is 0.463 e. The molecule has 0 saturated carbocycles. The van der Waals surface area contributed by atoms with E-state index in [0.717, 1.165) is 12.0 Å². The summed E-state index contributed by atoms with van der Waals surface area (Å²) >= 11 is 5.84. The highest BCUT2D eigenvalue weighted by Crippen LogP contribution is 2.35. The number of aryl methyl sites for hydroxylation is 1. The Labute approximate surface area is 393 Å². The van der Waals surface area contributed by atoms with E-state index < -0.39 is 60.5 Å². The van der Waals surface area contributed by atoms with Crippen LogP contribution in [0.4, 0.5) is 4.39 Å². The van der Waals surface area contributed by atoms with Gasteiger partial charge in [-0.05, 0) is 127 Å². The lowest BCUT2D eigenvalue weighted by Crippen LogP contribution is -2.47. The molecule has 1 aromatic heterocycles. The van der Waals surface area contributed by atoms with Crippen LogP contribution in [0.1, 0.15) is 125 Å². The second-order valence-corrected chi connectivity index (χ2v) is 19.1. The van der Waals surface area contributed by atoms with Gasteiger partial charge in [0.05, 0.1) is 36.4 Å². The van der Waals surface area contributed by atoms with Gasteiger partial charge in [-0.2, -0.15) is 0 Å². The number of ether oxygens (including phenoxy) is 5. The van der Waals surface area contributed by atoms with E-state index in [9.17, 15) is 28.7 Å². The molecule has 0 spiro atoms. The Kier molecular flexibility index (Phi) is 19.8. The first kappa shape index (κ1) is 53.4. The van der Waals surface area contributed by atoms with Crippen molar-refractivity contribution in [2.45, 2.75) is 144 Å². The molecule has 1 aliphatic heterocycles. The van der Waals surface area contributed by atoms with Crippen molar-refractivity contribution in [2.24, 2.45) is 11.8 Å². The van der Waals surface area contributed by atoms with E-state index in [1.165, 1.54) is 43.2 Å². The molecule has 1 fully saturated rings. The van der Waals surface area contributed by atoms with Gasteiger partial charge in [0.15, 0.2) is 12.1 Å². The zero-order chi connectivity index (χ0) is 48.8. The molecule has 66 heavy (non-hydrogen) atoms. The van der Waals surface area contributed by atoms with Gasteiger partial charge in [0, 0.05) is 16.8 Å². The van der Waals surface area contributed by atoms with Crippen LogP contribution >= 0.6 is 11.6 Å². The summed E-state index contributed by atoms with van der Waals surface area (Å²) in [5, 5.41) is 12.4. The smallest absolute Gasteiger partial charge is 0.332 e. The number of halogens is 2. The van der Waals surface area contributed by atoms with Gasteiger partial charge in [0.2, 0.25) is 0 Å². The molecule has 3 aromatic carbocycles. The quantitative estimate of drug-likeness (QED) is 0.115. The summed E-state index contributed by atoms with van der Waals surface area (Å²) in [5.41, 5.74) is 4.75. The van der Waals surface area contributed by atoms with Gasteiger partial charge in [-0.1, -0.05) is 86.1 Å². The Morgan fingerprint density at radius 1 is 0.939 bits per heavy atom. The number of carbonyl (C=O) groups excluding carboxylic acids is 4. The molecule has 358 valence electrons. The zero-order valence-electron chi connectivity index (χ0n) is 39.8. The Bertz CT molecular complexity index is 2220. The van der Waals surface area contributed by atoms with E-state index in [2.05, 4.69) is 55.3 Å². The van der Waals surface area contributed by atoms with Gasteiger partial charge < -0.3 is 34.1 Å². The molecule has 2 heterocycles. The van der Waals surface area contributed by atoms with Gasteiger partial charge in [-0.3, -0.25) is 19.4 Å². The summed E-state index contributed by atoms with van der Waals surface area (Å²) < 4.78 is 41.5. The van der Waals surface area contributed by atoms with Crippen molar-refractivity contribution in [3.63, 3.8) is 0 Å². The number of carbonyl (C=O) groups is 4. The predicted molar refractivity (Wildman–Crippen MR) is 250 cm³/mol. The van der Waals surface area contributed by atoms with Crippen LogP contribution in [-0.2, 0) is 64.1 Å². The van der Waals surface area contributed by atoms with E-state index >= 15 is 0 Å². The third kappa shape index (κ3) is 16.3. The third-order valence-corrected chi connectivity index (χ3v) is 11.0. The third-order valence-electron chi connectivity index (χ3n) is 10.7. The lowest BCUT2D eigenvalue weighted by atomic mass is 9.89. The number of pyridine rings is 1. The highest BCUT2D eigenvalue weighted by Gasteiger charge is 2.42. The number of aliphatic hydroxyl groups is 1. The van der Waals surface area contributed by atoms with Gasteiger partial charge in [0.25, 0.3) is 5.91 Å². The molecule has 14 heteroatoms. The summed E-state index contributed by atoms with van der Waals surface area (Å²) in [4.78, 5) is 55.7. The fourth-order valence-corrected chi connectivity index (χ4v) is 7.39. The van der Waals surface area contributed by atoms with E-state index in [0.29, 0.717) is 27.8 Å². The Morgan fingerprint density at radius 3 is 2.26 bits per heavy atom. The fraction of sp³-hybridized carbons (Fsp3) is 0.481. The van der Waals surface area contributed by atoms with E-state index in [-0.39, 0.29) is 42.3 Å². The summed E-state index contributed by atoms with van der Waals surface area (Å²) in [7, 11) is 0. The minimum absolute atomic E-state index is 0.0179. The minimum Gasteiger partial charge on any atom is -0.463 e. The van der Waals surface area contributed by atoms with Crippen LogP contribution in [0, 0.1) is 24.6 Å².